The number of thioether (sulfide) groups is 1. The number of benzene rings is 2. The number of hydrogen-bond donors (Lipinski definition) is 1. The molecule has 0 aliphatic rings. The molecule has 130 valence electrons. The fourth-order valence-corrected chi connectivity index (χ4v) is 3.19. The van der Waals surface area contributed by atoms with E-state index in [1.807, 2.05) is 47.0 Å². The van der Waals surface area contributed by atoms with Crippen molar-refractivity contribution >= 4 is 17.7 Å². The number of methoxy groups -OCH3 is 1. The van der Waals surface area contributed by atoms with E-state index in [0.29, 0.717) is 19.1 Å². The second-order valence-electron chi connectivity index (χ2n) is 5.29. The van der Waals surface area contributed by atoms with Crippen LogP contribution in [0.15, 0.2) is 59.8 Å². The van der Waals surface area contributed by atoms with Crippen molar-refractivity contribution in [2.24, 2.45) is 0 Å². The Labute approximate surface area is 151 Å². The lowest BCUT2D eigenvalue weighted by Gasteiger charge is -2.10. The SMILES string of the molecule is COc1ccc(OCCn2c(N)nnc2SCc2ccccc2)cc1. The monoisotopic (exact) mass is 356 g/mol. The minimum atomic E-state index is 0.397. The average molecular weight is 356 g/mol. The zero-order valence-electron chi connectivity index (χ0n) is 14.0. The number of hydrogen-bond acceptors (Lipinski definition) is 6. The molecule has 6 nitrogen and oxygen atoms in total. The molecule has 25 heavy (non-hydrogen) atoms. The van der Waals surface area contributed by atoms with Crippen molar-refractivity contribution in [2.75, 3.05) is 19.5 Å². The summed E-state index contributed by atoms with van der Waals surface area (Å²) in [6.45, 7) is 1.06. The van der Waals surface area contributed by atoms with Crippen molar-refractivity contribution in [2.45, 2.75) is 17.5 Å². The second-order valence-corrected chi connectivity index (χ2v) is 6.23. The Balaban J connectivity index is 1.55. The van der Waals surface area contributed by atoms with E-state index in [4.69, 9.17) is 15.2 Å². The molecule has 3 rings (SSSR count). The molecule has 0 saturated heterocycles. The van der Waals surface area contributed by atoms with Crippen LogP contribution in [0.3, 0.4) is 0 Å². The largest absolute Gasteiger partial charge is 0.497 e. The lowest BCUT2D eigenvalue weighted by molar-refractivity contribution is 0.294. The van der Waals surface area contributed by atoms with Gasteiger partial charge in [0.2, 0.25) is 5.95 Å². The van der Waals surface area contributed by atoms with Crippen molar-refractivity contribution in [3.63, 3.8) is 0 Å². The highest BCUT2D eigenvalue weighted by atomic mass is 32.2. The number of ether oxygens (including phenoxy) is 2. The highest BCUT2D eigenvalue weighted by molar-refractivity contribution is 7.98. The van der Waals surface area contributed by atoms with Crippen LogP contribution >= 0.6 is 11.8 Å². The van der Waals surface area contributed by atoms with Gasteiger partial charge >= 0.3 is 0 Å². The van der Waals surface area contributed by atoms with Crippen LogP contribution in [0.1, 0.15) is 5.56 Å². The van der Waals surface area contributed by atoms with Crippen LogP contribution in [0.2, 0.25) is 0 Å². The van der Waals surface area contributed by atoms with Gasteiger partial charge in [-0.2, -0.15) is 0 Å². The molecule has 0 atom stereocenters. The quantitative estimate of drug-likeness (QED) is 0.625. The maximum Gasteiger partial charge on any atom is 0.222 e. The predicted molar refractivity (Wildman–Crippen MR) is 98.9 cm³/mol. The lowest BCUT2D eigenvalue weighted by Crippen LogP contribution is -2.11. The summed E-state index contributed by atoms with van der Waals surface area (Å²) in [5, 5.41) is 8.92. The van der Waals surface area contributed by atoms with Gasteiger partial charge in [0.15, 0.2) is 5.16 Å². The first-order valence-corrected chi connectivity index (χ1v) is 8.87. The van der Waals surface area contributed by atoms with Crippen molar-refractivity contribution in [1.29, 1.82) is 0 Å². The number of nitrogen functional groups attached to an aromatic ring is 1. The van der Waals surface area contributed by atoms with E-state index in [0.717, 1.165) is 22.4 Å². The molecule has 0 aliphatic heterocycles. The Morgan fingerprint density at radius 3 is 2.44 bits per heavy atom. The molecule has 0 radical (unpaired) electrons. The molecule has 0 bridgehead atoms. The van der Waals surface area contributed by atoms with Crippen LogP contribution in [0.25, 0.3) is 0 Å². The third kappa shape index (κ3) is 4.67. The summed E-state index contributed by atoms with van der Waals surface area (Å²) in [7, 11) is 1.64. The average Bonchev–Trinajstić information content (AvgIpc) is 3.01. The van der Waals surface area contributed by atoms with Gasteiger partial charge in [-0.1, -0.05) is 42.1 Å². The summed E-state index contributed by atoms with van der Waals surface area (Å²) < 4.78 is 12.8. The van der Waals surface area contributed by atoms with E-state index in [1.165, 1.54) is 5.56 Å². The van der Waals surface area contributed by atoms with Crippen molar-refractivity contribution in [1.82, 2.24) is 14.8 Å². The van der Waals surface area contributed by atoms with Crippen LogP contribution in [0, 0.1) is 0 Å². The molecule has 2 aromatic carbocycles. The fourth-order valence-electron chi connectivity index (χ4n) is 2.27. The Kier molecular flexibility index (Phi) is 5.79. The molecule has 0 fully saturated rings. The molecule has 7 heteroatoms. The Hall–Kier alpha value is -2.67. The van der Waals surface area contributed by atoms with Gasteiger partial charge in [-0.15, -0.1) is 10.2 Å². The first kappa shape index (κ1) is 17.2. The molecule has 0 unspecified atom stereocenters. The highest BCUT2D eigenvalue weighted by Gasteiger charge is 2.10. The van der Waals surface area contributed by atoms with Gasteiger partial charge < -0.3 is 15.2 Å². The number of anilines is 1. The molecular formula is C18H20N4O2S. The molecule has 1 aromatic heterocycles. The third-order valence-corrected chi connectivity index (χ3v) is 4.64. The summed E-state index contributed by atoms with van der Waals surface area (Å²) in [5.74, 6) is 2.80. The van der Waals surface area contributed by atoms with Gasteiger partial charge in [0, 0.05) is 5.75 Å². The molecule has 1 heterocycles. The first-order valence-electron chi connectivity index (χ1n) is 7.88. The fraction of sp³-hybridized carbons (Fsp3) is 0.222. The second kappa shape index (κ2) is 8.43. The minimum Gasteiger partial charge on any atom is -0.497 e. The van der Waals surface area contributed by atoms with Crippen molar-refractivity contribution in [3.05, 3.63) is 60.2 Å². The van der Waals surface area contributed by atoms with E-state index >= 15 is 0 Å². The van der Waals surface area contributed by atoms with Gasteiger partial charge in [-0.3, -0.25) is 4.57 Å². The Morgan fingerprint density at radius 1 is 1.00 bits per heavy atom. The number of aromatic nitrogens is 3. The molecule has 0 aliphatic carbocycles. The maximum atomic E-state index is 5.93. The molecular weight excluding hydrogens is 336 g/mol. The summed E-state index contributed by atoms with van der Waals surface area (Å²) in [5.41, 5.74) is 7.16. The number of nitrogens with two attached hydrogens (primary N) is 1. The Bertz CT molecular complexity index is 791. The zero-order valence-corrected chi connectivity index (χ0v) is 14.8. The number of nitrogens with zero attached hydrogens (tertiary/aromatic N) is 3. The van der Waals surface area contributed by atoms with Crippen molar-refractivity contribution in [3.8, 4) is 11.5 Å². The van der Waals surface area contributed by atoms with Crippen LogP contribution in [-0.2, 0) is 12.3 Å². The highest BCUT2D eigenvalue weighted by Crippen LogP contribution is 2.23. The standard InChI is InChI=1S/C18H20N4O2S/c1-23-15-7-9-16(10-8-15)24-12-11-22-17(19)20-21-18(22)25-13-14-5-3-2-4-6-14/h2-10H,11-13H2,1H3,(H2,19,20). The van der Waals surface area contributed by atoms with Crippen LogP contribution < -0.4 is 15.2 Å². The Morgan fingerprint density at radius 2 is 1.72 bits per heavy atom. The maximum absolute atomic E-state index is 5.93. The van der Waals surface area contributed by atoms with Gasteiger partial charge in [0.05, 0.1) is 13.7 Å². The van der Waals surface area contributed by atoms with E-state index in [9.17, 15) is 0 Å². The number of rotatable bonds is 8. The molecule has 2 N–H and O–H groups in total. The molecule has 0 spiro atoms. The van der Waals surface area contributed by atoms with E-state index in [2.05, 4.69) is 22.3 Å². The summed E-state index contributed by atoms with van der Waals surface area (Å²) in [6, 6.07) is 17.7. The van der Waals surface area contributed by atoms with E-state index < -0.39 is 0 Å². The minimum absolute atomic E-state index is 0.397. The van der Waals surface area contributed by atoms with Gasteiger partial charge in [0.1, 0.15) is 18.1 Å². The van der Waals surface area contributed by atoms with Crippen molar-refractivity contribution < 1.29 is 9.47 Å². The van der Waals surface area contributed by atoms with Gasteiger partial charge in [-0.05, 0) is 29.8 Å². The van der Waals surface area contributed by atoms with Crippen LogP contribution in [-0.4, -0.2) is 28.5 Å². The van der Waals surface area contributed by atoms with Crippen LogP contribution in [0.4, 0.5) is 5.95 Å². The van der Waals surface area contributed by atoms with E-state index in [-0.39, 0.29) is 0 Å². The summed E-state index contributed by atoms with van der Waals surface area (Å²) >= 11 is 1.61. The third-order valence-electron chi connectivity index (χ3n) is 3.60. The first-order chi connectivity index (χ1) is 12.3. The smallest absolute Gasteiger partial charge is 0.222 e. The molecule has 3 aromatic rings. The normalized spacial score (nSPS) is 10.6. The predicted octanol–water partition coefficient (Wildman–Crippen LogP) is 3.24. The lowest BCUT2D eigenvalue weighted by atomic mass is 10.2. The van der Waals surface area contributed by atoms with E-state index in [1.54, 1.807) is 18.9 Å². The zero-order chi connectivity index (χ0) is 17.5. The van der Waals surface area contributed by atoms with Crippen LogP contribution in [0.5, 0.6) is 11.5 Å². The summed E-state index contributed by atoms with van der Waals surface area (Å²) in [4.78, 5) is 0. The van der Waals surface area contributed by atoms with Gasteiger partial charge in [-0.25, -0.2) is 0 Å². The summed E-state index contributed by atoms with van der Waals surface area (Å²) in [6.07, 6.45) is 0. The topological polar surface area (TPSA) is 75.2 Å². The molecule has 0 saturated carbocycles. The van der Waals surface area contributed by atoms with Gasteiger partial charge in [0.25, 0.3) is 0 Å². The molecule has 0 amide bonds.